The van der Waals surface area contributed by atoms with Crippen LogP contribution >= 0.6 is 0 Å². The zero-order chi connectivity index (χ0) is 10.3. The van der Waals surface area contributed by atoms with E-state index in [0.717, 1.165) is 0 Å². The third-order valence-electron chi connectivity index (χ3n) is 1.53. The quantitative estimate of drug-likeness (QED) is 0.458. The van der Waals surface area contributed by atoms with E-state index in [1.807, 2.05) is 0 Å². The summed E-state index contributed by atoms with van der Waals surface area (Å²) < 4.78 is 4.66. The van der Waals surface area contributed by atoms with Crippen molar-refractivity contribution in [2.24, 2.45) is 5.73 Å². The number of carbonyl (C=O) groups is 2. The summed E-state index contributed by atoms with van der Waals surface area (Å²) >= 11 is 0. The highest BCUT2D eigenvalue weighted by atomic mass is 16.5. The number of carbonyl (C=O) groups excluding carboxylic acids is 1. The molecular formula is C8H15NO4. The molecule has 0 saturated heterocycles. The van der Waals surface area contributed by atoms with Crippen molar-refractivity contribution in [3.05, 3.63) is 0 Å². The smallest absolute Gasteiger partial charge is 0.320 e. The van der Waals surface area contributed by atoms with Gasteiger partial charge in [-0.2, -0.15) is 0 Å². The molecule has 0 aromatic carbocycles. The molecule has 0 aliphatic carbocycles. The van der Waals surface area contributed by atoms with Crippen LogP contribution < -0.4 is 5.73 Å². The van der Waals surface area contributed by atoms with Crippen molar-refractivity contribution in [2.45, 2.75) is 32.2 Å². The van der Waals surface area contributed by atoms with E-state index in [2.05, 4.69) is 4.74 Å². The molecule has 0 unspecified atom stereocenters. The number of ether oxygens (including phenoxy) is 1. The van der Waals surface area contributed by atoms with Gasteiger partial charge in [0.25, 0.3) is 0 Å². The number of rotatable bonds is 6. The van der Waals surface area contributed by atoms with Gasteiger partial charge in [-0.25, -0.2) is 0 Å². The number of carboxylic acids is 1. The van der Waals surface area contributed by atoms with E-state index in [4.69, 9.17) is 10.8 Å². The normalized spacial score (nSPS) is 12.2. The number of nitrogens with two attached hydrogens (primary N) is 1. The Morgan fingerprint density at radius 2 is 2.08 bits per heavy atom. The van der Waals surface area contributed by atoms with Crippen molar-refractivity contribution < 1.29 is 19.4 Å². The maximum Gasteiger partial charge on any atom is 0.320 e. The molecule has 5 nitrogen and oxygen atoms in total. The van der Waals surface area contributed by atoms with Gasteiger partial charge in [0.2, 0.25) is 0 Å². The Labute approximate surface area is 76.9 Å². The number of aliphatic carboxylic acids is 1. The van der Waals surface area contributed by atoms with Crippen molar-refractivity contribution in [3.8, 4) is 0 Å². The topological polar surface area (TPSA) is 89.6 Å². The third-order valence-corrected chi connectivity index (χ3v) is 1.53. The minimum Gasteiger partial charge on any atom is -0.480 e. The summed E-state index contributed by atoms with van der Waals surface area (Å²) in [5.74, 6) is -1.31. The first-order chi connectivity index (χ1) is 6.04. The van der Waals surface area contributed by atoms with Gasteiger partial charge >= 0.3 is 11.9 Å². The van der Waals surface area contributed by atoms with Gasteiger partial charge in [0, 0.05) is 6.92 Å². The van der Waals surface area contributed by atoms with Crippen LogP contribution in [-0.2, 0) is 14.3 Å². The number of hydrogen-bond donors (Lipinski definition) is 2. The predicted molar refractivity (Wildman–Crippen MR) is 46.1 cm³/mol. The molecule has 0 aliphatic heterocycles. The van der Waals surface area contributed by atoms with E-state index in [0.29, 0.717) is 25.9 Å². The summed E-state index contributed by atoms with van der Waals surface area (Å²) in [7, 11) is 0. The van der Waals surface area contributed by atoms with Crippen LogP contribution in [0.1, 0.15) is 26.2 Å². The highest BCUT2D eigenvalue weighted by Gasteiger charge is 2.09. The molecule has 0 bridgehead atoms. The maximum absolute atomic E-state index is 10.3. The van der Waals surface area contributed by atoms with Crippen LogP contribution in [0.25, 0.3) is 0 Å². The molecule has 13 heavy (non-hydrogen) atoms. The minimum atomic E-state index is -0.993. The Bertz CT molecular complexity index is 181. The third kappa shape index (κ3) is 7.27. The highest BCUT2D eigenvalue weighted by molar-refractivity contribution is 5.72. The Hall–Kier alpha value is -1.10. The maximum atomic E-state index is 10.3. The first kappa shape index (κ1) is 11.9. The molecule has 0 aliphatic rings. The van der Waals surface area contributed by atoms with E-state index in [9.17, 15) is 9.59 Å². The van der Waals surface area contributed by atoms with Crippen LogP contribution in [0.4, 0.5) is 0 Å². The highest BCUT2D eigenvalue weighted by Crippen LogP contribution is 1.99. The molecule has 0 saturated carbocycles. The first-order valence-corrected chi connectivity index (χ1v) is 4.15. The summed E-state index contributed by atoms with van der Waals surface area (Å²) in [6.07, 6.45) is 1.72. The lowest BCUT2D eigenvalue weighted by Gasteiger charge is -2.05. The molecule has 1 atom stereocenters. The standard InChI is InChI=1S/C8H15NO4/c1-6(10)13-5-3-2-4-7(9)8(11)12/h7H,2-5,9H2,1H3,(H,11,12)/t7-/m0/s1. The van der Waals surface area contributed by atoms with E-state index >= 15 is 0 Å². The van der Waals surface area contributed by atoms with Gasteiger partial charge in [-0.1, -0.05) is 0 Å². The molecule has 0 aromatic heterocycles. The lowest BCUT2D eigenvalue weighted by atomic mass is 10.1. The second-order valence-electron chi connectivity index (χ2n) is 2.78. The average molecular weight is 189 g/mol. The lowest BCUT2D eigenvalue weighted by molar-refractivity contribution is -0.141. The van der Waals surface area contributed by atoms with Gasteiger partial charge in [0.15, 0.2) is 0 Å². The second-order valence-corrected chi connectivity index (χ2v) is 2.78. The van der Waals surface area contributed by atoms with Gasteiger partial charge in [0.05, 0.1) is 6.61 Å². The van der Waals surface area contributed by atoms with Crippen molar-refractivity contribution in [3.63, 3.8) is 0 Å². The molecule has 0 fully saturated rings. The van der Waals surface area contributed by atoms with Crippen LogP contribution in [0.2, 0.25) is 0 Å². The molecule has 0 rings (SSSR count). The number of carboxylic acid groups (broad SMARTS) is 1. The Kier molecular flexibility index (Phi) is 5.88. The van der Waals surface area contributed by atoms with Crippen molar-refractivity contribution in [1.82, 2.24) is 0 Å². The van der Waals surface area contributed by atoms with Crippen molar-refractivity contribution in [2.75, 3.05) is 6.61 Å². The molecule has 3 N–H and O–H groups in total. The fourth-order valence-corrected chi connectivity index (χ4v) is 0.806. The molecule has 0 aromatic rings. The van der Waals surface area contributed by atoms with Gasteiger partial charge in [-0.05, 0) is 19.3 Å². The molecule has 0 spiro atoms. The van der Waals surface area contributed by atoms with E-state index in [1.165, 1.54) is 6.92 Å². The molecular weight excluding hydrogens is 174 g/mol. The SMILES string of the molecule is CC(=O)OCCCC[C@H](N)C(=O)O. The van der Waals surface area contributed by atoms with Crippen LogP contribution in [0, 0.1) is 0 Å². The van der Waals surface area contributed by atoms with Crippen LogP contribution in [0.15, 0.2) is 0 Å². The molecule has 0 radical (unpaired) electrons. The van der Waals surface area contributed by atoms with Crippen LogP contribution in [0.3, 0.4) is 0 Å². The largest absolute Gasteiger partial charge is 0.480 e. The molecule has 0 amide bonds. The number of esters is 1. The summed E-state index contributed by atoms with van der Waals surface area (Å²) in [6, 6.07) is -0.808. The Balaban J connectivity index is 3.26. The van der Waals surface area contributed by atoms with E-state index in [-0.39, 0.29) is 5.97 Å². The second kappa shape index (κ2) is 6.42. The number of hydrogen-bond acceptors (Lipinski definition) is 4. The van der Waals surface area contributed by atoms with Crippen molar-refractivity contribution in [1.29, 1.82) is 0 Å². The van der Waals surface area contributed by atoms with E-state index in [1.54, 1.807) is 0 Å². The fourth-order valence-electron chi connectivity index (χ4n) is 0.806. The lowest BCUT2D eigenvalue weighted by Crippen LogP contribution is -2.29. The van der Waals surface area contributed by atoms with Crippen LogP contribution in [0.5, 0.6) is 0 Å². The first-order valence-electron chi connectivity index (χ1n) is 4.15. The zero-order valence-electron chi connectivity index (χ0n) is 7.66. The predicted octanol–water partition coefficient (Wildman–Crippen LogP) is 0.132. The fraction of sp³-hybridized carbons (Fsp3) is 0.750. The summed E-state index contributed by atoms with van der Waals surface area (Å²) in [5, 5.41) is 8.42. The summed E-state index contributed by atoms with van der Waals surface area (Å²) in [4.78, 5) is 20.6. The van der Waals surface area contributed by atoms with Gasteiger partial charge in [-0.15, -0.1) is 0 Å². The molecule has 5 heteroatoms. The zero-order valence-corrected chi connectivity index (χ0v) is 7.66. The monoisotopic (exact) mass is 189 g/mol. The number of unbranched alkanes of at least 4 members (excludes halogenated alkanes) is 1. The van der Waals surface area contributed by atoms with Gasteiger partial charge < -0.3 is 15.6 Å². The summed E-state index contributed by atoms with van der Waals surface area (Å²) in [5.41, 5.74) is 5.25. The Morgan fingerprint density at radius 3 is 2.54 bits per heavy atom. The van der Waals surface area contributed by atoms with Crippen LogP contribution in [-0.4, -0.2) is 29.7 Å². The van der Waals surface area contributed by atoms with Gasteiger partial charge in [0.1, 0.15) is 6.04 Å². The van der Waals surface area contributed by atoms with Crippen molar-refractivity contribution >= 4 is 11.9 Å². The molecule has 0 heterocycles. The summed E-state index contributed by atoms with van der Waals surface area (Å²) in [6.45, 7) is 1.67. The van der Waals surface area contributed by atoms with Gasteiger partial charge in [-0.3, -0.25) is 9.59 Å². The molecule has 76 valence electrons. The Morgan fingerprint density at radius 1 is 1.46 bits per heavy atom. The minimum absolute atomic E-state index is 0.317. The van der Waals surface area contributed by atoms with E-state index < -0.39 is 12.0 Å². The average Bonchev–Trinajstić information content (AvgIpc) is 2.02.